The Bertz CT molecular complexity index is 962. The van der Waals surface area contributed by atoms with Gasteiger partial charge >= 0.3 is 0 Å². The third-order valence-electron chi connectivity index (χ3n) is 5.01. The molecule has 2 heterocycles. The molecule has 4 rings (SSSR count). The van der Waals surface area contributed by atoms with Crippen molar-refractivity contribution in [2.24, 2.45) is 5.92 Å². The molecule has 0 atom stereocenters. The van der Waals surface area contributed by atoms with Crippen molar-refractivity contribution in [3.05, 3.63) is 52.8 Å². The number of halogens is 1. The van der Waals surface area contributed by atoms with E-state index in [2.05, 4.69) is 20.6 Å². The molecule has 0 radical (unpaired) electrons. The van der Waals surface area contributed by atoms with Gasteiger partial charge in [0, 0.05) is 35.0 Å². The van der Waals surface area contributed by atoms with Crippen molar-refractivity contribution in [3.8, 4) is 0 Å². The minimum Gasteiger partial charge on any atom is -0.358 e. The molecule has 1 aliphatic carbocycles. The number of nitrogens with one attached hydrogen (secondary N) is 3. The number of aromatic nitrogens is 2. The van der Waals surface area contributed by atoms with Crippen LogP contribution in [0.2, 0.25) is 5.02 Å². The van der Waals surface area contributed by atoms with E-state index in [1.54, 1.807) is 6.20 Å². The number of pyridine rings is 1. The van der Waals surface area contributed by atoms with Crippen molar-refractivity contribution >= 4 is 39.9 Å². The molecule has 1 aromatic carbocycles. The van der Waals surface area contributed by atoms with Crippen LogP contribution in [0, 0.1) is 12.8 Å². The first-order chi connectivity index (χ1) is 12.6. The molecule has 0 saturated heterocycles. The zero-order chi connectivity index (χ0) is 18.1. The van der Waals surface area contributed by atoms with Gasteiger partial charge in [-0.15, -0.1) is 0 Å². The number of fused-ring (bicyclic) bond motifs is 1. The summed E-state index contributed by atoms with van der Waals surface area (Å²) in [6, 6.07) is 7.46. The molecule has 5 nitrogen and oxygen atoms in total. The first kappa shape index (κ1) is 16.9. The lowest BCUT2D eigenvalue weighted by Crippen LogP contribution is -2.32. The topological polar surface area (TPSA) is 69.8 Å². The number of amides is 1. The summed E-state index contributed by atoms with van der Waals surface area (Å²) < 4.78 is 0. The molecule has 2 aromatic heterocycles. The third-order valence-corrected chi connectivity index (χ3v) is 5.25. The average molecular weight is 369 g/mol. The standard InChI is InChI=1S/C20H21ClN4O/c1-12-9-22-18-17(12)16(20(26)24-10-13-4-2-5-13)11-23-19(18)25-15-7-3-6-14(21)8-15/h3,6-9,11,13,22H,2,4-5,10H2,1H3,(H,23,25)(H,24,26). The highest BCUT2D eigenvalue weighted by Gasteiger charge is 2.21. The van der Waals surface area contributed by atoms with Gasteiger partial charge in [-0.05, 0) is 49.4 Å². The molecule has 0 unspecified atom stereocenters. The highest BCUT2D eigenvalue weighted by Crippen LogP contribution is 2.30. The van der Waals surface area contributed by atoms with Crippen LogP contribution < -0.4 is 10.6 Å². The normalized spacial score (nSPS) is 14.2. The van der Waals surface area contributed by atoms with Crippen LogP contribution in [0.1, 0.15) is 35.2 Å². The Morgan fingerprint density at radius 3 is 2.96 bits per heavy atom. The number of carbonyl (C=O) groups excluding carboxylic acids is 1. The van der Waals surface area contributed by atoms with Gasteiger partial charge in [0.2, 0.25) is 0 Å². The Kier molecular flexibility index (Phi) is 4.55. The number of anilines is 2. The van der Waals surface area contributed by atoms with Crippen molar-refractivity contribution in [1.82, 2.24) is 15.3 Å². The van der Waals surface area contributed by atoms with E-state index < -0.39 is 0 Å². The summed E-state index contributed by atoms with van der Waals surface area (Å²) >= 11 is 6.06. The molecule has 1 amide bonds. The van der Waals surface area contributed by atoms with E-state index in [0.29, 0.717) is 22.3 Å². The van der Waals surface area contributed by atoms with Gasteiger partial charge in [-0.3, -0.25) is 4.79 Å². The van der Waals surface area contributed by atoms with E-state index in [9.17, 15) is 4.79 Å². The largest absolute Gasteiger partial charge is 0.358 e. The zero-order valence-corrected chi connectivity index (χ0v) is 15.4. The Morgan fingerprint density at radius 1 is 1.38 bits per heavy atom. The monoisotopic (exact) mass is 368 g/mol. The minimum absolute atomic E-state index is 0.0635. The molecule has 1 aliphatic rings. The van der Waals surface area contributed by atoms with Gasteiger partial charge in [0.15, 0.2) is 5.82 Å². The number of nitrogens with zero attached hydrogens (tertiary/aromatic N) is 1. The van der Waals surface area contributed by atoms with Crippen LogP contribution in [0.15, 0.2) is 36.7 Å². The molecular formula is C20H21ClN4O. The minimum atomic E-state index is -0.0635. The van der Waals surface area contributed by atoms with Gasteiger partial charge in [-0.1, -0.05) is 24.1 Å². The third kappa shape index (κ3) is 3.27. The van der Waals surface area contributed by atoms with Gasteiger partial charge in [-0.25, -0.2) is 4.98 Å². The first-order valence-corrected chi connectivity index (χ1v) is 9.27. The van der Waals surface area contributed by atoms with Crippen molar-refractivity contribution in [2.45, 2.75) is 26.2 Å². The summed E-state index contributed by atoms with van der Waals surface area (Å²) in [5.74, 6) is 1.23. The molecule has 1 saturated carbocycles. The number of rotatable bonds is 5. The smallest absolute Gasteiger partial charge is 0.253 e. The highest BCUT2D eigenvalue weighted by atomic mass is 35.5. The number of aryl methyl sites for hydroxylation is 1. The van der Waals surface area contributed by atoms with Gasteiger partial charge in [-0.2, -0.15) is 0 Å². The Balaban J connectivity index is 1.64. The molecule has 134 valence electrons. The quantitative estimate of drug-likeness (QED) is 0.606. The molecule has 3 N–H and O–H groups in total. The summed E-state index contributed by atoms with van der Waals surface area (Å²) in [5, 5.41) is 7.89. The fraction of sp³-hybridized carbons (Fsp3) is 0.300. The zero-order valence-electron chi connectivity index (χ0n) is 14.6. The molecule has 26 heavy (non-hydrogen) atoms. The van der Waals surface area contributed by atoms with E-state index >= 15 is 0 Å². The van der Waals surface area contributed by atoms with Crippen molar-refractivity contribution in [3.63, 3.8) is 0 Å². The summed E-state index contributed by atoms with van der Waals surface area (Å²) in [6.07, 6.45) is 7.23. The summed E-state index contributed by atoms with van der Waals surface area (Å²) in [4.78, 5) is 20.4. The number of H-pyrrole nitrogens is 1. The van der Waals surface area contributed by atoms with Crippen LogP contribution in [0.4, 0.5) is 11.5 Å². The predicted octanol–water partition coefficient (Wildman–Crippen LogP) is 4.80. The van der Waals surface area contributed by atoms with Crippen LogP contribution in [-0.4, -0.2) is 22.4 Å². The van der Waals surface area contributed by atoms with E-state index in [0.717, 1.165) is 28.7 Å². The van der Waals surface area contributed by atoms with Crippen LogP contribution in [0.3, 0.4) is 0 Å². The second kappa shape index (κ2) is 7.00. The van der Waals surface area contributed by atoms with Gasteiger partial charge < -0.3 is 15.6 Å². The summed E-state index contributed by atoms with van der Waals surface area (Å²) in [7, 11) is 0. The van der Waals surface area contributed by atoms with Crippen molar-refractivity contribution in [1.29, 1.82) is 0 Å². The molecular weight excluding hydrogens is 348 g/mol. The van der Waals surface area contributed by atoms with E-state index in [1.165, 1.54) is 19.3 Å². The maximum Gasteiger partial charge on any atom is 0.253 e. The lowest BCUT2D eigenvalue weighted by molar-refractivity contribution is 0.0940. The van der Waals surface area contributed by atoms with E-state index in [1.807, 2.05) is 37.4 Å². The summed E-state index contributed by atoms with van der Waals surface area (Å²) in [5.41, 5.74) is 3.29. The Morgan fingerprint density at radius 2 is 2.23 bits per heavy atom. The number of aromatic amines is 1. The van der Waals surface area contributed by atoms with Crippen LogP contribution >= 0.6 is 11.6 Å². The first-order valence-electron chi connectivity index (χ1n) is 8.89. The predicted molar refractivity (Wildman–Crippen MR) is 105 cm³/mol. The van der Waals surface area contributed by atoms with Crippen molar-refractivity contribution in [2.75, 3.05) is 11.9 Å². The molecule has 0 spiro atoms. The molecule has 1 fully saturated rings. The summed E-state index contributed by atoms with van der Waals surface area (Å²) in [6.45, 7) is 2.73. The Hall–Kier alpha value is -2.53. The number of hydrogen-bond donors (Lipinski definition) is 3. The maximum absolute atomic E-state index is 12.7. The second-order valence-electron chi connectivity index (χ2n) is 6.88. The van der Waals surface area contributed by atoms with Gasteiger partial charge in [0.05, 0.1) is 11.1 Å². The fourth-order valence-electron chi connectivity index (χ4n) is 3.31. The van der Waals surface area contributed by atoms with Crippen molar-refractivity contribution < 1.29 is 4.79 Å². The number of hydrogen-bond acceptors (Lipinski definition) is 3. The van der Waals surface area contributed by atoms with Gasteiger partial charge in [0.1, 0.15) is 0 Å². The van der Waals surface area contributed by atoms with Crippen LogP contribution in [0.25, 0.3) is 10.9 Å². The molecule has 6 heteroatoms. The molecule has 0 bridgehead atoms. The fourth-order valence-corrected chi connectivity index (χ4v) is 3.50. The van der Waals surface area contributed by atoms with E-state index in [4.69, 9.17) is 11.6 Å². The number of carbonyl (C=O) groups is 1. The lowest BCUT2D eigenvalue weighted by Gasteiger charge is -2.25. The molecule has 0 aliphatic heterocycles. The number of benzene rings is 1. The SMILES string of the molecule is Cc1c[nH]c2c(Nc3cccc(Cl)c3)ncc(C(=O)NCC3CCC3)c12. The lowest BCUT2D eigenvalue weighted by atomic mass is 9.85. The maximum atomic E-state index is 12.7. The van der Waals surface area contributed by atoms with E-state index in [-0.39, 0.29) is 5.91 Å². The Labute approximate surface area is 157 Å². The van der Waals surface area contributed by atoms with Crippen LogP contribution in [-0.2, 0) is 0 Å². The second-order valence-corrected chi connectivity index (χ2v) is 7.32. The van der Waals surface area contributed by atoms with Crippen LogP contribution in [0.5, 0.6) is 0 Å². The average Bonchev–Trinajstić information content (AvgIpc) is 2.96. The highest BCUT2D eigenvalue weighted by molar-refractivity contribution is 6.30. The molecule has 3 aromatic rings. The van der Waals surface area contributed by atoms with Gasteiger partial charge in [0.25, 0.3) is 5.91 Å².